The summed E-state index contributed by atoms with van der Waals surface area (Å²) in [7, 11) is 0. The van der Waals surface area contributed by atoms with Crippen LogP contribution in [0.15, 0.2) is 47.6 Å². The van der Waals surface area contributed by atoms with Crippen molar-refractivity contribution < 1.29 is 40.7 Å². The van der Waals surface area contributed by atoms with E-state index < -0.39 is 46.2 Å². The molecule has 1 unspecified atom stereocenters. The Balaban J connectivity index is 1.98. The molecular weight excluding hydrogens is 572 g/mol. The van der Waals surface area contributed by atoms with E-state index in [4.69, 9.17) is 11.6 Å². The largest absolute Gasteiger partial charge is 0.573 e. The maximum Gasteiger partial charge on any atom is 0.573 e. The summed E-state index contributed by atoms with van der Waals surface area (Å²) in [6, 6.07) is 6.50. The SMILES string of the molecule is CSCCCC1(C)CN(C(=O)N(C(C)=O)c2ccc(OC(F)(F)F)cc2)N=C1c1ccc(C(F)(F)F)c(Cl)c1. The molecule has 212 valence electrons. The summed E-state index contributed by atoms with van der Waals surface area (Å²) in [6.45, 7) is 2.92. The quantitative estimate of drug-likeness (QED) is 0.244. The highest BCUT2D eigenvalue weighted by Gasteiger charge is 2.43. The summed E-state index contributed by atoms with van der Waals surface area (Å²) in [5.41, 5.74) is -1.21. The molecule has 1 aliphatic rings. The summed E-state index contributed by atoms with van der Waals surface area (Å²) in [6.07, 6.45) is -6.41. The van der Waals surface area contributed by atoms with Crippen molar-refractivity contribution in [2.45, 2.75) is 39.2 Å². The molecule has 0 saturated heterocycles. The molecule has 2 aromatic carbocycles. The predicted molar refractivity (Wildman–Crippen MR) is 137 cm³/mol. The van der Waals surface area contributed by atoms with Gasteiger partial charge in [0.15, 0.2) is 0 Å². The highest BCUT2D eigenvalue weighted by molar-refractivity contribution is 7.98. The molecule has 0 aliphatic carbocycles. The maximum atomic E-state index is 13.5. The number of amides is 3. The molecule has 0 bridgehead atoms. The van der Waals surface area contributed by atoms with Crippen molar-refractivity contribution in [3.8, 4) is 5.75 Å². The first-order chi connectivity index (χ1) is 18.1. The van der Waals surface area contributed by atoms with E-state index in [1.54, 1.807) is 11.8 Å². The summed E-state index contributed by atoms with van der Waals surface area (Å²) in [4.78, 5) is 26.7. The van der Waals surface area contributed by atoms with Crippen molar-refractivity contribution in [2.24, 2.45) is 10.5 Å². The minimum absolute atomic E-state index is 0.00718. The van der Waals surface area contributed by atoms with Crippen LogP contribution in [0, 0.1) is 5.41 Å². The molecule has 6 nitrogen and oxygen atoms in total. The van der Waals surface area contributed by atoms with Gasteiger partial charge in [0.2, 0.25) is 5.91 Å². The third-order valence-electron chi connectivity index (χ3n) is 5.97. The van der Waals surface area contributed by atoms with Crippen LogP contribution in [0.5, 0.6) is 5.75 Å². The molecule has 1 heterocycles. The van der Waals surface area contributed by atoms with Gasteiger partial charge in [0.25, 0.3) is 0 Å². The van der Waals surface area contributed by atoms with Gasteiger partial charge in [-0.25, -0.2) is 14.7 Å². The second kappa shape index (κ2) is 11.7. The first-order valence-electron chi connectivity index (χ1n) is 11.5. The lowest BCUT2D eigenvalue weighted by molar-refractivity contribution is -0.274. The molecule has 1 atom stereocenters. The second-order valence-electron chi connectivity index (χ2n) is 9.03. The number of hydrogen-bond donors (Lipinski definition) is 0. The average Bonchev–Trinajstić information content (AvgIpc) is 3.16. The molecule has 0 saturated carbocycles. The summed E-state index contributed by atoms with van der Waals surface area (Å²) in [5.74, 6) is -0.477. The maximum absolute atomic E-state index is 13.5. The fraction of sp³-hybridized carbons (Fsp3) is 0.400. The van der Waals surface area contributed by atoms with Crippen LogP contribution < -0.4 is 9.64 Å². The van der Waals surface area contributed by atoms with Crippen molar-refractivity contribution in [1.29, 1.82) is 0 Å². The van der Waals surface area contributed by atoms with E-state index in [0.717, 1.165) is 59.0 Å². The minimum atomic E-state index is -4.92. The third kappa shape index (κ3) is 7.38. The molecule has 39 heavy (non-hydrogen) atoms. The van der Waals surface area contributed by atoms with Crippen LogP contribution in [0.3, 0.4) is 0 Å². The highest BCUT2D eigenvalue weighted by Crippen LogP contribution is 2.40. The Morgan fingerprint density at radius 2 is 1.77 bits per heavy atom. The Morgan fingerprint density at radius 3 is 2.28 bits per heavy atom. The standard InChI is InChI=1S/C25H24ClF6N3O3S/c1-15(36)35(17-6-8-18(9-7-17)38-25(30,31)32)22(37)34-14-23(2,11-4-12-39-3)21(33-34)16-5-10-19(20(26)13-16)24(27,28)29/h5-10,13H,4,11-12,14H2,1-3H3. The van der Waals surface area contributed by atoms with Gasteiger partial charge in [-0.05, 0) is 66.8 Å². The fourth-order valence-electron chi connectivity index (χ4n) is 4.23. The molecule has 3 amide bonds. The van der Waals surface area contributed by atoms with Crippen LogP contribution in [0.1, 0.15) is 37.8 Å². The van der Waals surface area contributed by atoms with Crippen LogP contribution in [0.4, 0.5) is 36.8 Å². The summed E-state index contributed by atoms with van der Waals surface area (Å²) in [5, 5.41) is 4.91. The Morgan fingerprint density at radius 1 is 1.13 bits per heavy atom. The molecule has 0 aromatic heterocycles. The van der Waals surface area contributed by atoms with Crippen molar-refractivity contribution in [3.05, 3.63) is 58.6 Å². The lowest BCUT2D eigenvalue weighted by Crippen LogP contribution is -2.44. The van der Waals surface area contributed by atoms with Crippen LogP contribution in [-0.2, 0) is 11.0 Å². The van der Waals surface area contributed by atoms with E-state index >= 15 is 0 Å². The van der Waals surface area contributed by atoms with Gasteiger partial charge in [-0.15, -0.1) is 13.2 Å². The molecule has 2 aromatic rings. The Hall–Kier alpha value is -2.93. The molecule has 14 heteroatoms. The van der Waals surface area contributed by atoms with Gasteiger partial charge < -0.3 is 4.74 Å². The molecular formula is C25H24ClF6N3O3S. The van der Waals surface area contributed by atoms with Gasteiger partial charge >= 0.3 is 18.6 Å². The highest BCUT2D eigenvalue weighted by atomic mass is 35.5. The lowest BCUT2D eigenvalue weighted by atomic mass is 9.78. The van der Waals surface area contributed by atoms with Crippen LogP contribution >= 0.6 is 23.4 Å². The molecule has 0 spiro atoms. The van der Waals surface area contributed by atoms with Crippen molar-refractivity contribution in [1.82, 2.24) is 5.01 Å². The monoisotopic (exact) mass is 595 g/mol. The van der Waals surface area contributed by atoms with E-state index in [1.165, 1.54) is 6.07 Å². The number of hydrogen-bond acceptors (Lipinski definition) is 5. The number of thioether (sulfide) groups is 1. The Labute approximate surface area is 229 Å². The number of halogens is 7. The summed E-state index contributed by atoms with van der Waals surface area (Å²) < 4.78 is 81.1. The van der Waals surface area contributed by atoms with Gasteiger partial charge in [-0.2, -0.15) is 30.0 Å². The Kier molecular flexibility index (Phi) is 9.16. The number of alkyl halides is 6. The van der Waals surface area contributed by atoms with E-state index in [1.807, 2.05) is 13.2 Å². The number of rotatable bonds is 7. The molecule has 1 aliphatic heterocycles. The number of imide groups is 1. The zero-order valence-electron chi connectivity index (χ0n) is 21.0. The van der Waals surface area contributed by atoms with E-state index in [-0.39, 0.29) is 17.8 Å². The first-order valence-corrected chi connectivity index (χ1v) is 13.3. The lowest BCUT2D eigenvalue weighted by Gasteiger charge is -2.28. The molecule has 3 rings (SSSR count). The van der Waals surface area contributed by atoms with Crippen LogP contribution in [0.2, 0.25) is 5.02 Å². The normalized spacial score (nSPS) is 17.7. The fourth-order valence-corrected chi connectivity index (χ4v) is 4.96. The number of urea groups is 1. The zero-order chi connectivity index (χ0) is 29.2. The number of ether oxygens (including phenoxy) is 1. The van der Waals surface area contributed by atoms with Gasteiger partial charge in [0.1, 0.15) is 5.75 Å². The third-order valence-corrected chi connectivity index (χ3v) is 6.98. The smallest absolute Gasteiger partial charge is 0.406 e. The number of carbonyl (C=O) groups is 2. The van der Waals surface area contributed by atoms with Gasteiger partial charge in [0, 0.05) is 12.3 Å². The number of nitrogens with zero attached hydrogens (tertiary/aromatic N) is 3. The van der Waals surface area contributed by atoms with E-state index in [2.05, 4.69) is 9.84 Å². The van der Waals surface area contributed by atoms with Crippen LogP contribution in [-0.4, -0.2) is 47.6 Å². The first kappa shape index (κ1) is 30.6. The second-order valence-corrected chi connectivity index (χ2v) is 10.4. The molecule has 0 N–H and O–H groups in total. The van der Waals surface area contributed by atoms with Crippen LogP contribution in [0.25, 0.3) is 0 Å². The molecule has 0 fully saturated rings. The van der Waals surface area contributed by atoms with Crippen molar-refractivity contribution >= 4 is 46.7 Å². The number of hydrazone groups is 1. The van der Waals surface area contributed by atoms with Gasteiger partial charge in [-0.1, -0.05) is 24.6 Å². The van der Waals surface area contributed by atoms with Gasteiger partial charge in [-0.3, -0.25) is 4.79 Å². The van der Waals surface area contributed by atoms with E-state index in [0.29, 0.717) is 18.6 Å². The number of benzene rings is 2. The Bertz CT molecular complexity index is 1250. The predicted octanol–water partition coefficient (Wildman–Crippen LogP) is 7.60. The van der Waals surface area contributed by atoms with Crippen molar-refractivity contribution in [2.75, 3.05) is 23.5 Å². The van der Waals surface area contributed by atoms with E-state index in [9.17, 15) is 35.9 Å². The number of anilines is 1. The number of carbonyl (C=O) groups excluding carboxylic acids is 2. The van der Waals surface area contributed by atoms with Crippen molar-refractivity contribution in [3.63, 3.8) is 0 Å². The zero-order valence-corrected chi connectivity index (χ0v) is 22.6. The van der Waals surface area contributed by atoms with Gasteiger partial charge in [0.05, 0.1) is 28.5 Å². The average molecular weight is 596 g/mol. The summed E-state index contributed by atoms with van der Waals surface area (Å²) >= 11 is 7.55. The topological polar surface area (TPSA) is 62.2 Å². The minimum Gasteiger partial charge on any atom is -0.406 e. The molecule has 0 radical (unpaired) electrons.